The summed E-state index contributed by atoms with van der Waals surface area (Å²) in [4.78, 5) is 0. The standard InChI is InChI=1S/C14H28ClN/c1-2-3-4-5-6-7-11-16-14-10-8-9-13(14)12-15/h13-14,16H,2-12H2,1H3. The Labute approximate surface area is 106 Å². The summed E-state index contributed by atoms with van der Waals surface area (Å²) >= 11 is 5.96. The monoisotopic (exact) mass is 245 g/mol. The van der Waals surface area contributed by atoms with Gasteiger partial charge in [-0.3, -0.25) is 0 Å². The Morgan fingerprint density at radius 2 is 1.81 bits per heavy atom. The van der Waals surface area contributed by atoms with Crippen LogP contribution in [0.2, 0.25) is 0 Å². The molecule has 0 aromatic rings. The summed E-state index contributed by atoms with van der Waals surface area (Å²) in [5.41, 5.74) is 0. The summed E-state index contributed by atoms with van der Waals surface area (Å²) in [6, 6.07) is 0.716. The van der Waals surface area contributed by atoms with E-state index in [1.165, 1.54) is 64.3 Å². The molecule has 1 nitrogen and oxygen atoms in total. The van der Waals surface area contributed by atoms with Crippen molar-refractivity contribution in [2.75, 3.05) is 12.4 Å². The summed E-state index contributed by atoms with van der Waals surface area (Å²) in [5.74, 6) is 1.58. The Morgan fingerprint density at radius 1 is 1.06 bits per heavy atom. The highest BCUT2D eigenvalue weighted by Crippen LogP contribution is 2.26. The molecule has 2 atom stereocenters. The Bertz CT molecular complexity index is 161. The van der Waals surface area contributed by atoms with E-state index in [9.17, 15) is 0 Å². The van der Waals surface area contributed by atoms with Crippen LogP contribution in [0.4, 0.5) is 0 Å². The lowest BCUT2D eigenvalue weighted by molar-refractivity contribution is 0.422. The van der Waals surface area contributed by atoms with Gasteiger partial charge in [0.2, 0.25) is 0 Å². The van der Waals surface area contributed by atoms with Crippen molar-refractivity contribution in [3.05, 3.63) is 0 Å². The number of halogens is 1. The van der Waals surface area contributed by atoms with Gasteiger partial charge in [0.15, 0.2) is 0 Å². The van der Waals surface area contributed by atoms with Crippen LogP contribution < -0.4 is 5.32 Å². The molecule has 1 fully saturated rings. The lowest BCUT2D eigenvalue weighted by Crippen LogP contribution is -2.33. The fourth-order valence-corrected chi connectivity index (χ4v) is 3.05. The molecule has 0 amide bonds. The molecule has 16 heavy (non-hydrogen) atoms. The van der Waals surface area contributed by atoms with Gasteiger partial charge < -0.3 is 5.32 Å². The average molecular weight is 246 g/mol. The molecule has 96 valence electrons. The molecule has 1 saturated carbocycles. The van der Waals surface area contributed by atoms with Crippen molar-refractivity contribution < 1.29 is 0 Å². The van der Waals surface area contributed by atoms with E-state index < -0.39 is 0 Å². The second kappa shape index (κ2) is 9.30. The number of unbranched alkanes of at least 4 members (excludes halogenated alkanes) is 5. The molecule has 0 saturated heterocycles. The first-order chi connectivity index (χ1) is 7.88. The SMILES string of the molecule is CCCCCCCCNC1CCCC1CCl. The van der Waals surface area contributed by atoms with E-state index in [0.717, 1.165) is 11.8 Å². The second-order valence-electron chi connectivity index (χ2n) is 5.17. The summed E-state index contributed by atoms with van der Waals surface area (Å²) in [6.45, 7) is 3.47. The van der Waals surface area contributed by atoms with E-state index in [4.69, 9.17) is 11.6 Å². The molecule has 0 aromatic carbocycles. The molecular weight excluding hydrogens is 218 g/mol. The third kappa shape index (κ3) is 5.54. The molecule has 1 rings (SSSR count). The molecular formula is C14H28ClN. The minimum Gasteiger partial charge on any atom is -0.314 e. The largest absolute Gasteiger partial charge is 0.314 e. The van der Waals surface area contributed by atoms with Gasteiger partial charge in [0.25, 0.3) is 0 Å². The van der Waals surface area contributed by atoms with Crippen molar-refractivity contribution in [2.45, 2.75) is 70.8 Å². The summed E-state index contributed by atoms with van der Waals surface area (Å²) in [6.07, 6.45) is 12.4. The van der Waals surface area contributed by atoms with E-state index in [-0.39, 0.29) is 0 Å². The number of nitrogens with one attached hydrogen (secondary N) is 1. The van der Waals surface area contributed by atoms with Crippen LogP contribution in [-0.2, 0) is 0 Å². The molecule has 0 aliphatic heterocycles. The van der Waals surface area contributed by atoms with Crippen molar-refractivity contribution in [3.63, 3.8) is 0 Å². The van der Waals surface area contributed by atoms with E-state index in [1.807, 2.05) is 0 Å². The molecule has 0 bridgehead atoms. The van der Waals surface area contributed by atoms with Gasteiger partial charge in [-0.2, -0.15) is 0 Å². The smallest absolute Gasteiger partial charge is 0.0266 e. The van der Waals surface area contributed by atoms with Gasteiger partial charge in [-0.05, 0) is 31.7 Å². The Kier molecular flexibility index (Phi) is 8.32. The molecule has 2 heteroatoms. The zero-order valence-corrected chi connectivity index (χ0v) is 11.6. The zero-order valence-electron chi connectivity index (χ0n) is 10.8. The molecule has 2 unspecified atom stereocenters. The normalized spacial score (nSPS) is 25.1. The van der Waals surface area contributed by atoms with Crippen molar-refractivity contribution >= 4 is 11.6 Å². The third-order valence-electron chi connectivity index (χ3n) is 3.79. The van der Waals surface area contributed by atoms with Gasteiger partial charge in [-0.25, -0.2) is 0 Å². The Hall–Kier alpha value is 0.250. The van der Waals surface area contributed by atoms with Crippen molar-refractivity contribution in [1.29, 1.82) is 0 Å². The highest BCUT2D eigenvalue weighted by Gasteiger charge is 2.25. The maximum atomic E-state index is 5.96. The minimum atomic E-state index is 0.716. The first-order valence-corrected chi connectivity index (χ1v) is 7.71. The van der Waals surface area contributed by atoms with Gasteiger partial charge in [0, 0.05) is 11.9 Å². The summed E-state index contributed by atoms with van der Waals surface area (Å²) < 4.78 is 0. The van der Waals surface area contributed by atoms with Crippen LogP contribution in [-0.4, -0.2) is 18.5 Å². The highest BCUT2D eigenvalue weighted by molar-refractivity contribution is 6.18. The van der Waals surface area contributed by atoms with E-state index in [2.05, 4.69) is 12.2 Å². The van der Waals surface area contributed by atoms with Crippen LogP contribution in [0.15, 0.2) is 0 Å². The maximum Gasteiger partial charge on any atom is 0.0266 e. The molecule has 1 aliphatic carbocycles. The Morgan fingerprint density at radius 3 is 2.56 bits per heavy atom. The lowest BCUT2D eigenvalue weighted by atomic mass is 10.1. The topological polar surface area (TPSA) is 12.0 Å². The average Bonchev–Trinajstić information content (AvgIpc) is 2.75. The number of hydrogen-bond acceptors (Lipinski definition) is 1. The van der Waals surface area contributed by atoms with E-state index >= 15 is 0 Å². The van der Waals surface area contributed by atoms with Crippen LogP contribution in [0.1, 0.15) is 64.7 Å². The Balaban J connectivity index is 1.90. The van der Waals surface area contributed by atoms with Gasteiger partial charge >= 0.3 is 0 Å². The van der Waals surface area contributed by atoms with Crippen LogP contribution >= 0.6 is 11.6 Å². The number of alkyl halides is 1. The number of rotatable bonds is 9. The van der Waals surface area contributed by atoms with E-state index in [1.54, 1.807) is 0 Å². The molecule has 0 aromatic heterocycles. The van der Waals surface area contributed by atoms with Gasteiger partial charge in [-0.15, -0.1) is 11.6 Å². The fourth-order valence-electron chi connectivity index (χ4n) is 2.68. The third-order valence-corrected chi connectivity index (χ3v) is 4.19. The highest BCUT2D eigenvalue weighted by atomic mass is 35.5. The lowest BCUT2D eigenvalue weighted by Gasteiger charge is -2.18. The number of hydrogen-bond donors (Lipinski definition) is 1. The van der Waals surface area contributed by atoms with Crippen LogP contribution in [0.3, 0.4) is 0 Å². The first kappa shape index (κ1) is 14.3. The van der Waals surface area contributed by atoms with Crippen molar-refractivity contribution in [3.8, 4) is 0 Å². The van der Waals surface area contributed by atoms with Crippen LogP contribution in [0.25, 0.3) is 0 Å². The predicted molar refractivity (Wildman–Crippen MR) is 73.2 cm³/mol. The molecule has 0 spiro atoms. The maximum absolute atomic E-state index is 5.96. The van der Waals surface area contributed by atoms with Crippen LogP contribution in [0.5, 0.6) is 0 Å². The quantitative estimate of drug-likeness (QED) is 0.471. The molecule has 0 radical (unpaired) electrons. The summed E-state index contributed by atoms with van der Waals surface area (Å²) in [5, 5.41) is 3.69. The van der Waals surface area contributed by atoms with Crippen molar-refractivity contribution in [2.24, 2.45) is 5.92 Å². The van der Waals surface area contributed by atoms with Gasteiger partial charge in [0.1, 0.15) is 0 Å². The molecule has 0 heterocycles. The first-order valence-electron chi connectivity index (χ1n) is 7.17. The predicted octanol–water partition coefficient (Wildman–Crippen LogP) is 4.34. The van der Waals surface area contributed by atoms with Crippen LogP contribution in [0, 0.1) is 5.92 Å². The van der Waals surface area contributed by atoms with Gasteiger partial charge in [-0.1, -0.05) is 45.4 Å². The van der Waals surface area contributed by atoms with Gasteiger partial charge in [0.05, 0.1) is 0 Å². The van der Waals surface area contributed by atoms with Crippen molar-refractivity contribution in [1.82, 2.24) is 5.32 Å². The molecule has 1 aliphatic rings. The fraction of sp³-hybridized carbons (Fsp3) is 1.00. The summed E-state index contributed by atoms with van der Waals surface area (Å²) in [7, 11) is 0. The zero-order chi connectivity index (χ0) is 11.6. The van der Waals surface area contributed by atoms with E-state index in [0.29, 0.717) is 6.04 Å². The molecule has 1 N–H and O–H groups in total. The second-order valence-corrected chi connectivity index (χ2v) is 5.48. The minimum absolute atomic E-state index is 0.716.